The van der Waals surface area contributed by atoms with Gasteiger partial charge in [-0.15, -0.1) is 0 Å². The molecule has 0 spiro atoms. The number of methoxy groups -OCH3 is 1. The number of ether oxygens (including phenoxy) is 1. The van der Waals surface area contributed by atoms with Crippen LogP contribution >= 0.6 is 0 Å². The first-order chi connectivity index (χ1) is 6.31. The Balaban J connectivity index is 4.57. The fraction of sp³-hybridized carbons (Fsp3) is 0.900. The number of likely N-dealkylation sites (N-methyl/N-ethyl adjacent to an activating group) is 1. The fourth-order valence-corrected chi connectivity index (χ4v) is 1.66. The molecule has 0 aromatic rings. The smallest absolute Gasteiger partial charge is 0.327 e. The van der Waals surface area contributed by atoms with Crippen LogP contribution < -0.4 is 5.32 Å². The third-order valence-electron chi connectivity index (χ3n) is 1.88. The van der Waals surface area contributed by atoms with Gasteiger partial charge in [-0.25, -0.2) is 0 Å². The number of hydrogen-bond donors (Lipinski definition) is 1. The molecular weight excluding hydrogens is 180 g/mol. The second kappa shape index (κ2) is 5.32. The highest BCUT2D eigenvalue weighted by Gasteiger charge is 2.35. The van der Waals surface area contributed by atoms with Crippen LogP contribution in [0.4, 0.5) is 0 Å². The molecule has 0 aliphatic rings. The van der Waals surface area contributed by atoms with Crippen LogP contribution in [0.15, 0.2) is 0 Å². The minimum absolute atomic E-state index is 0.222. The molecule has 1 unspecified atom stereocenters. The van der Waals surface area contributed by atoms with Crippen LogP contribution in [0.5, 0.6) is 0 Å². The molecule has 0 amide bonds. The molecule has 84 valence electrons. The summed E-state index contributed by atoms with van der Waals surface area (Å²) in [5, 5.41) is 3.22. The summed E-state index contributed by atoms with van der Waals surface area (Å²) in [4.78, 5) is 13.6. The number of carbonyl (C=O) groups is 1. The molecule has 0 aliphatic heterocycles. The third-order valence-corrected chi connectivity index (χ3v) is 1.88. The van der Waals surface area contributed by atoms with Crippen LogP contribution in [0.1, 0.15) is 20.8 Å². The summed E-state index contributed by atoms with van der Waals surface area (Å²) in [6.07, 6.45) is 0. The summed E-state index contributed by atoms with van der Waals surface area (Å²) in [6.45, 7) is 6.50. The van der Waals surface area contributed by atoms with E-state index in [2.05, 4.69) is 5.32 Å². The number of nitrogens with zero attached hydrogens (tertiary/aromatic N) is 1. The average molecular weight is 202 g/mol. The first-order valence-corrected chi connectivity index (χ1v) is 4.82. The monoisotopic (exact) mass is 202 g/mol. The molecule has 0 aliphatic carbocycles. The van der Waals surface area contributed by atoms with Crippen LogP contribution in [0.25, 0.3) is 0 Å². The van der Waals surface area contributed by atoms with Gasteiger partial charge in [0.05, 0.1) is 7.11 Å². The zero-order valence-electron chi connectivity index (χ0n) is 10.0. The summed E-state index contributed by atoms with van der Waals surface area (Å²) in [7, 11) is 5.28. The van der Waals surface area contributed by atoms with Crippen molar-refractivity contribution in [2.45, 2.75) is 32.4 Å². The second-order valence-electron chi connectivity index (χ2n) is 4.36. The number of hydrogen-bond acceptors (Lipinski definition) is 4. The predicted molar refractivity (Wildman–Crippen MR) is 57.2 cm³/mol. The molecule has 14 heavy (non-hydrogen) atoms. The van der Waals surface area contributed by atoms with E-state index in [0.29, 0.717) is 6.54 Å². The van der Waals surface area contributed by atoms with Crippen molar-refractivity contribution >= 4 is 5.97 Å². The lowest BCUT2D eigenvalue weighted by molar-refractivity contribution is -0.148. The maximum atomic E-state index is 11.6. The lowest BCUT2D eigenvalue weighted by atomic mass is 10.0. The van der Waals surface area contributed by atoms with E-state index in [1.807, 2.05) is 39.8 Å². The topological polar surface area (TPSA) is 41.6 Å². The van der Waals surface area contributed by atoms with Gasteiger partial charge in [-0.05, 0) is 34.9 Å². The molecule has 0 rings (SSSR count). The molecule has 0 bridgehead atoms. The standard InChI is InChI=1S/C10H22N2O2/c1-8(2)11-10(3,7-12(4)5)9(13)14-6/h8,11H,7H2,1-6H3. The minimum Gasteiger partial charge on any atom is -0.468 e. The highest BCUT2D eigenvalue weighted by atomic mass is 16.5. The Kier molecular flexibility index (Phi) is 5.08. The van der Waals surface area contributed by atoms with E-state index >= 15 is 0 Å². The van der Waals surface area contributed by atoms with Crippen molar-refractivity contribution < 1.29 is 9.53 Å². The van der Waals surface area contributed by atoms with E-state index in [1.165, 1.54) is 7.11 Å². The van der Waals surface area contributed by atoms with Crippen molar-refractivity contribution in [2.24, 2.45) is 0 Å². The molecule has 0 heterocycles. The van der Waals surface area contributed by atoms with E-state index in [0.717, 1.165) is 0 Å². The van der Waals surface area contributed by atoms with E-state index in [-0.39, 0.29) is 12.0 Å². The largest absolute Gasteiger partial charge is 0.468 e. The first kappa shape index (κ1) is 13.4. The van der Waals surface area contributed by atoms with Gasteiger partial charge in [-0.2, -0.15) is 0 Å². The van der Waals surface area contributed by atoms with Gasteiger partial charge in [0, 0.05) is 12.6 Å². The van der Waals surface area contributed by atoms with Crippen molar-refractivity contribution in [3.8, 4) is 0 Å². The van der Waals surface area contributed by atoms with Crippen molar-refractivity contribution in [1.82, 2.24) is 10.2 Å². The normalized spacial score (nSPS) is 15.7. The SMILES string of the molecule is COC(=O)C(C)(CN(C)C)NC(C)C. The van der Waals surface area contributed by atoms with Crippen LogP contribution in [0, 0.1) is 0 Å². The third kappa shape index (κ3) is 4.07. The summed E-state index contributed by atoms with van der Waals surface area (Å²) in [5.41, 5.74) is -0.633. The molecule has 0 aromatic heterocycles. The number of carbonyl (C=O) groups excluding carboxylic acids is 1. The zero-order valence-corrected chi connectivity index (χ0v) is 10.0. The fourth-order valence-electron chi connectivity index (χ4n) is 1.66. The lowest BCUT2D eigenvalue weighted by Gasteiger charge is -2.32. The molecule has 1 atom stereocenters. The molecule has 0 aromatic carbocycles. The number of rotatable bonds is 5. The Morgan fingerprint density at radius 3 is 2.29 bits per heavy atom. The summed E-state index contributed by atoms with van der Waals surface area (Å²) in [6, 6.07) is 0.249. The van der Waals surface area contributed by atoms with Gasteiger partial charge >= 0.3 is 5.97 Å². The molecule has 1 N–H and O–H groups in total. The number of nitrogens with one attached hydrogen (secondary N) is 1. The second-order valence-corrected chi connectivity index (χ2v) is 4.36. The highest BCUT2D eigenvalue weighted by Crippen LogP contribution is 2.09. The first-order valence-electron chi connectivity index (χ1n) is 4.82. The van der Waals surface area contributed by atoms with Crippen molar-refractivity contribution in [3.05, 3.63) is 0 Å². The molecule has 4 heteroatoms. The van der Waals surface area contributed by atoms with Crippen LogP contribution in [0.3, 0.4) is 0 Å². The van der Waals surface area contributed by atoms with Crippen molar-refractivity contribution in [1.29, 1.82) is 0 Å². The van der Waals surface area contributed by atoms with E-state index < -0.39 is 5.54 Å². The van der Waals surface area contributed by atoms with Gasteiger partial charge in [-0.1, -0.05) is 0 Å². The Morgan fingerprint density at radius 1 is 1.50 bits per heavy atom. The maximum absolute atomic E-state index is 11.6. The minimum atomic E-state index is -0.633. The number of esters is 1. The lowest BCUT2D eigenvalue weighted by Crippen LogP contribution is -2.58. The average Bonchev–Trinajstić information content (AvgIpc) is 1.99. The molecular formula is C10H22N2O2. The predicted octanol–water partition coefficient (Wildman–Crippen LogP) is 0.478. The quantitative estimate of drug-likeness (QED) is 0.658. The van der Waals surface area contributed by atoms with Gasteiger partial charge in [0.25, 0.3) is 0 Å². The zero-order chi connectivity index (χ0) is 11.4. The van der Waals surface area contributed by atoms with Crippen molar-refractivity contribution in [2.75, 3.05) is 27.7 Å². The van der Waals surface area contributed by atoms with Gasteiger partial charge in [0.1, 0.15) is 5.54 Å². The van der Waals surface area contributed by atoms with Crippen molar-refractivity contribution in [3.63, 3.8) is 0 Å². The van der Waals surface area contributed by atoms with Gasteiger partial charge < -0.3 is 9.64 Å². The Hall–Kier alpha value is -0.610. The molecule has 0 saturated carbocycles. The van der Waals surface area contributed by atoms with E-state index in [1.54, 1.807) is 0 Å². The molecule has 0 fully saturated rings. The maximum Gasteiger partial charge on any atom is 0.327 e. The van der Waals surface area contributed by atoms with Crippen LogP contribution in [0.2, 0.25) is 0 Å². The summed E-state index contributed by atoms with van der Waals surface area (Å²) < 4.78 is 4.79. The Labute approximate surface area is 86.6 Å². The van der Waals surface area contributed by atoms with E-state index in [9.17, 15) is 4.79 Å². The van der Waals surface area contributed by atoms with Crippen LogP contribution in [-0.4, -0.2) is 50.2 Å². The molecule has 0 saturated heterocycles. The van der Waals surface area contributed by atoms with Gasteiger partial charge in [-0.3, -0.25) is 10.1 Å². The summed E-state index contributed by atoms with van der Waals surface area (Å²) >= 11 is 0. The Bertz CT molecular complexity index is 181. The highest BCUT2D eigenvalue weighted by molar-refractivity contribution is 5.80. The molecule has 0 radical (unpaired) electrons. The van der Waals surface area contributed by atoms with E-state index in [4.69, 9.17) is 4.74 Å². The Morgan fingerprint density at radius 2 is 2.00 bits per heavy atom. The molecule has 4 nitrogen and oxygen atoms in total. The van der Waals surface area contributed by atoms with Gasteiger partial charge in [0.2, 0.25) is 0 Å². The van der Waals surface area contributed by atoms with Gasteiger partial charge in [0.15, 0.2) is 0 Å². The summed E-state index contributed by atoms with van der Waals surface area (Å²) in [5.74, 6) is -0.222. The van der Waals surface area contributed by atoms with Crippen LogP contribution in [-0.2, 0) is 9.53 Å².